The zero-order valence-electron chi connectivity index (χ0n) is 9.36. The molecule has 0 saturated carbocycles. The molecule has 1 aromatic carbocycles. The average Bonchev–Trinajstić information content (AvgIpc) is 2.79. The standard InChI is InChI=1S/C13H18N2O/c14-15-13(10-5-6-16-8-10)12-7-9-3-1-2-4-11(9)12/h1-4,10,12-13,15H,5-8,14H2. The molecular weight excluding hydrogens is 200 g/mol. The summed E-state index contributed by atoms with van der Waals surface area (Å²) in [6, 6.07) is 9.04. The highest BCUT2D eigenvalue weighted by Gasteiger charge is 2.37. The van der Waals surface area contributed by atoms with Gasteiger partial charge < -0.3 is 4.74 Å². The van der Waals surface area contributed by atoms with Crippen molar-refractivity contribution in [3.8, 4) is 0 Å². The molecule has 3 N–H and O–H groups in total. The summed E-state index contributed by atoms with van der Waals surface area (Å²) in [6.07, 6.45) is 2.29. The summed E-state index contributed by atoms with van der Waals surface area (Å²) in [6.45, 7) is 1.74. The van der Waals surface area contributed by atoms with Gasteiger partial charge in [0, 0.05) is 24.5 Å². The molecule has 1 heterocycles. The fourth-order valence-corrected chi connectivity index (χ4v) is 3.03. The summed E-state index contributed by atoms with van der Waals surface area (Å²) in [5.41, 5.74) is 5.95. The number of benzene rings is 1. The van der Waals surface area contributed by atoms with E-state index in [-0.39, 0.29) is 0 Å². The quantitative estimate of drug-likeness (QED) is 0.592. The van der Waals surface area contributed by atoms with Crippen LogP contribution >= 0.6 is 0 Å². The van der Waals surface area contributed by atoms with Crippen LogP contribution in [0.15, 0.2) is 24.3 Å². The Balaban J connectivity index is 1.78. The summed E-state index contributed by atoms with van der Waals surface area (Å²) in [4.78, 5) is 0. The van der Waals surface area contributed by atoms with Crippen LogP contribution in [0.1, 0.15) is 23.5 Å². The number of rotatable bonds is 3. The Morgan fingerprint density at radius 3 is 2.94 bits per heavy atom. The number of nitrogens with one attached hydrogen (secondary N) is 1. The van der Waals surface area contributed by atoms with Crippen LogP contribution in [-0.2, 0) is 11.2 Å². The first-order valence-corrected chi connectivity index (χ1v) is 6.02. The molecule has 0 spiro atoms. The minimum absolute atomic E-state index is 0.373. The van der Waals surface area contributed by atoms with Gasteiger partial charge in [0.2, 0.25) is 0 Å². The summed E-state index contributed by atoms with van der Waals surface area (Å²) < 4.78 is 5.45. The second-order valence-corrected chi connectivity index (χ2v) is 4.83. The van der Waals surface area contributed by atoms with Gasteiger partial charge in [-0.3, -0.25) is 11.3 Å². The van der Waals surface area contributed by atoms with Gasteiger partial charge in [0.25, 0.3) is 0 Å². The third-order valence-electron chi connectivity index (χ3n) is 3.99. The minimum Gasteiger partial charge on any atom is -0.381 e. The van der Waals surface area contributed by atoms with E-state index in [1.54, 1.807) is 0 Å². The molecular formula is C13H18N2O. The molecule has 3 nitrogen and oxygen atoms in total. The molecule has 3 unspecified atom stereocenters. The number of nitrogens with two attached hydrogens (primary N) is 1. The summed E-state index contributed by atoms with van der Waals surface area (Å²) >= 11 is 0. The van der Waals surface area contributed by atoms with Crippen molar-refractivity contribution in [1.29, 1.82) is 0 Å². The highest BCUT2D eigenvalue weighted by atomic mass is 16.5. The Bertz CT molecular complexity index is 374. The van der Waals surface area contributed by atoms with Crippen LogP contribution < -0.4 is 11.3 Å². The van der Waals surface area contributed by atoms with Crippen molar-refractivity contribution in [2.45, 2.75) is 24.8 Å². The third kappa shape index (κ3) is 1.56. The highest BCUT2D eigenvalue weighted by Crippen LogP contribution is 2.40. The van der Waals surface area contributed by atoms with Crippen molar-refractivity contribution < 1.29 is 4.74 Å². The second-order valence-electron chi connectivity index (χ2n) is 4.83. The smallest absolute Gasteiger partial charge is 0.0510 e. The van der Waals surface area contributed by atoms with Crippen molar-refractivity contribution in [3.63, 3.8) is 0 Å². The first-order valence-electron chi connectivity index (χ1n) is 6.02. The van der Waals surface area contributed by atoms with Gasteiger partial charge >= 0.3 is 0 Å². The minimum atomic E-state index is 0.373. The SMILES string of the molecule is NNC(C1CCOC1)C1Cc2ccccc21. The highest BCUT2D eigenvalue weighted by molar-refractivity contribution is 5.41. The van der Waals surface area contributed by atoms with Gasteiger partial charge in [-0.15, -0.1) is 0 Å². The van der Waals surface area contributed by atoms with Gasteiger partial charge in [0.1, 0.15) is 0 Å². The zero-order chi connectivity index (χ0) is 11.0. The van der Waals surface area contributed by atoms with Crippen LogP contribution in [0.5, 0.6) is 0 Å². The first-order chi connectivity index (χ1) is 7.90. The zero-order valence-corrected chi connectivity index (χ0v) is 9.36. The van der Waals surface area contributed by atoms with E-state index < -0.39 is 0 Å². The number of fused-ring (bicyclic) bond motifs is 1. The van der Waals surface area contributed by atoms with Gasteiger partial charge in [-0.25, -0.2) is 0 Å². The lowest BCUT2D eigenvalue weighted by Crippen LogP contribution is -2.48. The molecule has 3 atom stereocenters. The third-order valence-corrected chi connectivity index (χ3v) is 3.99. The van der Waals surface area contributed by atoms with Gasteiger partial charge in [-0.05, 0) is 24.0 Å². The van der Waals surface area contributed by atoms with E-state index in [1.165, 1.54) is 11.1 Å². The summed E-state index contributed by atoms with van der Waals surface area (Å²) in [5.74, 6) is 6.86. The molecule has 3 heteroatoms. The van der Waals surface area contributed by atoms with Crippen LogP contribution in [0.2, 0.25) is 0 Å². The van der Waals surface area contributed by atoms with E-state index in [9.17, 15) is 0 Å². The van der Waals surface area contributed by atoms with E-state index in [0.717, 1.165) is 26.1 Å². The fourth-order valence-electron chi connectivity index (χ4n) is 3.03. The van der Waals surface area contributed by atoms with Crippen LogP contribution in [0.3, 0.4) is 0 Å². The molecule has 0 radical (unpaired) electrons. The maximum Gasteiger partial charge on any atom is 0.0510 e. The predicted octanol–water partition coefficient (Wildman–Crippen LogP) is 1.19. The molecule has 86 valence electrons. The van der Waals surface area contributed by atoms with Crippen LogP contribution in [0, 0.1) is 5.92 Å². The number of hydrogen-bond acceptors (Lipinski definition) is 3. The normalized spacial score (nSPS) is 29.6. The maximum atomic E-state index is 5.71. The molecule has 1 aliphatic carbocycles. The molecule has 3 rings (SSSR count). The molecule has 1 fully saturated rings. The topological polar surface area (TPSA) is 47.3 Å². The van der Waals surface area contributed by atoms with Crippen LogP contribution in [0.4, 0.5) is 0 Å². The predicted molar refractivity (Wildman–Crippen MR) is 62.9 cm³/mol. The molecule has 0 amide bonds. The first kappa shape index (κ1) is 10.3. The fraction of sp³-hybridized carbons (Fsp3) is 0.538. The van der Waals surface area contributed by atoms with Crippen molar-refractivity contribution in [2.75, 3.05) is 13.2 Å². The van der Waals surface area contributed by atoms with E-state index in [1.807, 2.05) is 0 Å². The van der Waals surface area contributed by atoms with Gasteiger partial charge in [0.05, 0.1) is 6.61 Å². The average molecular weight is 218 g/mol. The summed E-state index contributed by atoms with van der Waals surface area (Å²) in [7, 11) is 0. The van der Waals surface area contributed by atoms with E-state index in [2.05, 4.69) is 29.7 Å². The lowest BCUT2D eigenvalue weighted by molar-refractivity contribution is 0.170. The van der Waals surface area contributed by atoms with E-state index in [4.69, 9.17) is 10.6 Å². The molecule has 0 aromatic heterocycles. The Morgan fingerprint density at radius 1 is 1.38 bits per heavy atom. The molecule has 1 aromatic rings. The van der Waals surface area contributed by atoms with Crippen molar-refractivity contribution >= 4 is 0 Å². The van der Waals surface area contributed by atoms with Gasteiger partial charge in [-0.2, -0.15) is 0 Å². The monoisotopic (exact) mass is 218 g/mol. The molecule has 1 saturated heterocycles. The Morgan fingerprint density at radius 2 is 2.25 bits per heavy atom. The Kier molecular flexibility index (Phi) is 2.67. The van der Waals surface area contributed by atoms with E-state index >= 15 is 0 Å². The molecule has 2 aliphatic rings. The number of hydrazine groups is 1. The lowest BCUT2D eigenvalue weighted by atomic mass is 9.70. The van der Waals surface area contributed by atoms with E-state index in [0.29, 0.717) is 17.9 Å². The Labute approximate surface area is 95.9 Å². The summed E-state index contributed by atoms with van der Waals surface area (Å²) in [5, 5.41) is 0. The van der Waals surface area contributed by atoms with Crippen molar-refractivity contribution in [1.82, 2.24) is 5.43 Å². The molecule has 1 aliphatic heterocycles. The number of hydrogen-bond donors (Lipinski definition) is 2. The molecule has 16 heavy (non-hydrogen) atoms. The Hall–Kier alpha value is -0.900. The van der Waals surface area contributed by atoms with Crippen molar-refractivity contribution in [2.24, 2.45) is 11.8 Å². The van der Waals surface area contributed by atoms with Gasteiger partial charge in [0.15, 0.2) is 0 Å². The van der Waals surface area contributed by atoms with Gasteiger partial charge in [-0.1, -0.05) is 24.3 Å². The second kappa shape index (κ2) is 4.17. The van der Waals surface area contributed by atoms with Crippen LogP contribution in [-0.4, -0.2) is 19.3 Å². The van der Waals surface area contributed by atoms with Crippen LogP contribution in [0.25, 0.3) is 0 Å². The number of ether oxygens (including phenoxy) is 1. The molecule has 0 bridgehead atoms. The van der Waals surface area contributed by atoms with Crippen molar-refractivity contribution in [3.05, 3.63) is 35.4 Å². The largest absolute Gasteiger partial charge is 0.381 e. The maximum absolute atomic E-state index is 5.71. The lowest BCUT2D eigenvalue weighted by Gasteiger charge is -2.38.